The molecule has 36 heavy (non-hydrogen) atoms. The van der Waals surface area contributed by atoms with Crippen LogP contribution in [0.2, 0.25) is 0 Å². The summed E-state index contributed by atoms with van der Waals surface area (Å²) in [7, 11) is 0. The van der Waals surface area contributed by atoms with E-state index in [2.05, 4.69) is 10.00 Å². The van der Waals surface area contributed by atoms with Gasteiger partial charge in [0.05, 0.1) is 21.8 Å². The molecule has 5 rings (SSSR count). The van der Waals surface area contributed by atoms with E-state index in [0.29, 0.717) is 43.3 Å². The van der Waals surface area contributed by atoms with Crippen LogP contribution in [-0.2, 0) is 0 Å². The zero-order valence-electron chi connectivity index (χ0n) is 18.9. The van der Waals surface area contributed by atoms with Crippen molar-refractivity contribution in [3.05, 3.63) is 98.9 Å². The van der Waals surface area contributed by atoms with Gasteiger partial charge in [-0.05, 0) is 30.3 Å². The summed E-state index contributed by atoms with van der Waals surface area (Å²) in [5, 5.41) is 26.7. The number of benzene rings is 2. The predicted octanol–water partition coefficient (Wildman–Crippen LogP) is 3.91. The minimum absolute atomic E-state index is 0.0225. The van der Waals surface area contributed by atoms with Gasteiger partial charge in [0.25, 0.3) is 17.3 Å². The number of aromatic nitrogens is 2. The Labute approximate surface area is 204 Å². The van der Waals surface area contributed by atoms with Gasteiger partial charge in [0, 0.05) is 62.2 Å². The molecule has 1 fully saturated rings. The molecule has 1 aliphatic rings. The highest BCUT2D eigenvalue weighted by Crippen LogP contribution is 2.26. The van der Waals surface area contributed by atoms with Gasteiger partial charge in [0.2, 0.25) is 0 Å². The molecular formula is C24H20N6O6. The van der Waals surface area contributed by atoms with E-state index >= 15 is 0 Å². The summed E-state index contributed by atoms with van der Waals surface area (Å²) in [4.78, 5) is 38.6. The number of non-ortho nitro benzene ring substituents is 2. The molecule has 0 N–H and O–H groups in total. The van der Waals surface area contributed by atoms with Crippen LogP contribution in [0, 0.1) is 20.2 Å². The number of furan rings is 1. The van der Waals surface area contributed by atoms with Gasteiger partial charge < -0.3 is 14.2 Å². The molecule has 0 aliphatic carbocycles. The molecule has 4 aromatic rings. The largest absolute Gasteiger partial charge is 0.463 e. The number of nitro groups is 2. The molecule has 1 amide bonds. The van der Waals surface area contributed by atoms with Crippen LogP contribution < -0.4 is 4.90 Å². The summed E-state index contributed by atoms with van der Waals surface area (Å²) in [5.41, 5.74) is 1.82. The summed E-state index contributed by atoms with van der Waals surface area (Å²) in [5.74, 6) is 0.200. The highest BCUT2D eigenvalue weighted by Gasteiger charge is 2.27. The number of rotatable bonds is 6. The maximum absolute atomic E-state index is 13.6. The van der Waals surface area contributed by atoms with Crippen LogP contribution in [-0.4, -0.2) is 56.6 Å². The number of piperazine rings is 1. The standard InChI is InChI=1S/C24H20N6O6/c31-24(27-12-10-26(11-13-27)17-6-8-18(9-7-17)29(32)33)22-16-21(23-5-2-14-36-23)25-28(22)19-3-1-4-20(15-19)30(34)35/h1-9,14-16H,10-13H2. The summed E-state index contributed by atoms with van der Waals surface area (Å²) in [6.07, 6.45) is 1.50. The second kappa shape index (κ2) is 9.33. The summed E-state index contributed by atoms with van der Waals surface area (Å²) in [6.45, 7) is 1.93. The van der Waals surface area contributed by atoms with Gasteiger partial charge in [-0.25, -0.2) is 4.68 Å². The molecule has 0 saturated carbocycles. The minimum Gasteiger partial charge on any atom is -0.463 e. The highest BCUT2D eigenvalue weighted by atomic mass is 16.6. The number of hydrogen-bond donors (Lipinski definition) is 0. The third-order valence-corrected chi connectivity index (χ3v) is 5.98. The molecule has 3 heterocycles. The number of carbonyl (C=O) groups is 1. The third kappa shape index (κ3) is 4.39. The van der Waals surface area contributed by atoms with Crippen LogP contribution in [0.5, 0.6) is 0 Å². The zero-order chi connectivity index (χ0) is 25.2. The Morgan fingerprint density at radius 1 is 0.833 bits per heavy atom. The number of carbonyl (C=O) groups excluding carboxylic acids is 1. The Morgan fingerprint density at radius 2 is 1.56 bits per heavy atom. The highest BCUT2D eigenvalue weighted by molar-refractivity contribution is 5.94. The van der Waals surface area contributed by atoms with Crippen molar-refractivity contribution in [2.75, 3.05) is 31.1 Å². The molecule has 0 spiro atoms. The molecule has 1 aliphatic heterocycles. The lowest BCUT2D eigenvalue weighted by Gasteiger charge is -2.36. The number of nitro benzene ring substituents is 2. The van der Waals surface area contributed by atoms with E-state index in [0.717, 1.165) is 5.69 Å². The van der Waals surface area contributed by atoms with Crippen molar-refractivity contribution in [1.29, 1.82) is 0 Å². The normalized spacial score (nSPS) is 13.6. The Hall–Kier alpha value is -5.00. The molecule has 2 aromatic heterocycles. The second-order valence-corrected chi connectivity index (χ2v) is 8.13. The molecule has 0 atom stereocenters. The zero-order valence-corrected chi connectivity index (χ0v) is 18.9. The molecule has 0 radical (unpaired) electrons. The Bertz CT molecular complexity index is 1420. The fourth-order valence-electron chi connectivity index (χ4n) is 4.13. The van der Waals surface area contributed by atoms with E-state index in [4.69, 9.17) is 4.42 Å². The topological polar surface area (TPSA) is 141 Å². The summed E-state index contributed by atoms with van der Waals surface area (Å²) < 4.78 is 6.84. The van der Waals surface area contributed by atoms with Crippen LogP contribution in [0.15, 0.2) is 77.4 Å². The van der Waals surface area contributed by atoms with Crippen molar-refractivity contribution in [2.45, 2.75) is 0 Å². The van der Waals surface area contributed by atoms with Crippen LogP contribution in [0.1, 0.15) is 10.5 Å². The first-order chi connectivity index (χ1) is 17.4. The quantitative estimate of drug-likeness (QED) is 0.294. The van der Waals surface area contributed by atoms with E-state index in [1.54, 1.807) is 47.4 Å². The van der Waals surface area contributed by atoms with Crippen molar-refractivity contribution in [1.82, 2.24) is 14.7 Å². The van der Waals surface area contributed by atoms with Gasteiger partial charge in [-0.1, -0.05) is 6.07 Å². The first kappa shape index (κ1) is 22.8. The average Bonchev–Trinajstić information content (AvgIpc) is 3.59. The van der Waals surface area contributed by atoms with Gasteiger partial charge in [-0.3, -0.25) is 25.0 Å². The second-order valence-electron chi connectivity index (χ2n) is 8.13. The van der Waals surface area contributed by atoms with Crippen molar-refractivity contribution in [2.24, 2.45) is 0 Å². The molecule has 12 heteroatoms. The summed E-state index contributed by atoms with van der Waals surface area (Å²) in [6, 6.07) is 17.3. The van der Waals surface area contributed by atoms with E-state index in [-0.39, 0.29) is 23.0 Å². The Balaban J connectivity index is 1.40. The van der Waals surface area contributed by atoms with Crippen LogP contribution in [0.3, 0.4) is 0 Å². The van der Waals surface area contributed by atoms with E-state index in [9.17, 15) is 25.0 Å². The summed E-state index contributed by atoms with van der Waals surface area (Å²) >= 11 is 0. The predicted molar refractivity (Wildman–Crippen MR) is 129 cm³/mol. The van der Waals surface area contributed by atoms with Gasteiger partial charge in [0.1, 0.15) is 11.4 Å². The first-order valence-corrected chi connectivity index (χ1v) is 11.1. The lowest BCUT2D eigenvalue weighted by Crippen LogP contribution is -2.49. The van der Waals surface area contributed by atoms with Gasteiger partial charge in [-0.2, -0.15) is 5.10 Å². The lowest BCUT2D eigenvalue weighted by molar-refractivity contribution is -0.385. The SMILES string of the molecule is O=C(c1cc(-c2ccco2)nn1-c1cccc([N+](=O)[O-])c1)N1CCN(c2ccc([N+](=O)[O-])cc2)CC1. The molecule has 1 saturated heterocycles. The average molecular weight is 488 g/mol. The minimum atomic E-state index is -0.501. The molecule has 0 bridgehead atoms. The smallest absolute Gasteiger partial charge is 0.272 e. The maximum Gasteiger partial charge on any atom is 0.272 e. The molecule has 0 unspecified atom stereocenters. The number of hydrogen-bond acceptors (Lipinski definition) is 8. The number of amides is 1. The van der Waals surface area contributed by atoms with Crippen molar-refractivity contribution < 1.29 is 19.1 Å². The van der Waals surface area contributed by atoms with E-state index in [1.165, 1.54) is 35.2 Å². The fourth-order valence-corrected chi connectivity index (χ4v) is 4.13. The van der Waals surface area contributed by atoms with E-state index < -0.39 is 9.85 Å². The fraction of sp³-hybridized carbons (Fsp3) is 0.167. The van der Waals surface area contributed by atoms with Crippen molar-refractivity contribution in [3.8, 4) is 17.1 Å². The Morgan fingerprint density at radius 3 is 2.19 bits per heavy atom. The molecule has 2 aromatic carbocycles. The number of nitrogens with zero attached hydrogens (tertiary/aromatic N) is 6. The van der Waals surface area contributed by atoms with Crippen LogP contribution in [0.4, 0.5) is 17.1 Å². The van der Waals surface area contributed by atoms with Crippen molar-refractivity contribution >= 4 is 23.0 Å². The third-order valence-electron chi connectivity index (χ3n) is 5.98. The lowest BCUT2D eigenvalue weighted by atomic mass is 10.2. The molecule has 182 valence electrons. The molecular weight excluding hydrogens is 468 g/mol. The number of anilines is 1. The van der Waals surface area contributed by atoms with E-state index in [1.807, 2.05) is 0 Å². The van der Waals surface area contributed by atoms with Crippen LogP contribution >= 0.6 is 0 Å². The first-order valence-electron chi connectivity index (χ1n) is 11.1. The Kier molecular flexibility index (Phi) is 5.90. The monoisotopic (exact) mass is 488 g/mol. The van der Waals surface area contributed by atoms with Gasteiger partial charge >= 0.3 is 0 Å². The van der Waals surface area contributed by atoms with Crippen molar-refractivity contribution in [3.63, 3.8) is 0 Å². The molecule has 12 nitrogen and oxygen atoms in total. The van der Waals surface area contributed by atoms with Gasteiger partial charge in [-0.15, -0.1) is 0 Å². The maximum atomic E-state index is 13.6. The van der Waals surface area contributed by atoms with Crippen LogP contribution in [0.25, 0.3) is 17.1 Å². The van der Waals surface area contributed by atoms with Gasteiger partial charge in [0.15, 0.2) is 5.76 Å².